The predicted octanol–water partition coefficient (Wildman–Crippen LogP) is 0.591. The number of likely N-dealkylation sites (tertiary alicyclic amines) is 1. The second-order valence-corrected chi connectivity index (χ2v) is 5.79. The van der Waals surface area contributed by atoms with Gasteiger partial charge in [-0.1, -0.05) is 20.8 Å². The monoisotopic (exact) mass is 228 g/mol. The van der Waals surface area contributed by atoms with Crippen molar-refractivity contribution in [1.29, 1.82) is 0 Å². The van der Waals surface area contributed by atoms with Gasteiger partial charge in [0.15, 0.2) is 0 Å². The molecule has 1 aliphatic heterocycles. The van der Waals surface area contributed by atoms with Crippen molar-refractivity contribution in [2.45, 2.75) is 39.7 Å². The molecule has 1 aliphatic rings. The van der Waals surface area contributed by atoms with E-state index in [1.165, 1.54) is 0 Å². The van der Waals surface area contributed by atoms with Gasteiger partial charge in [-0.05, 0) is 24.2 Å². The van der Waals surface area contributed by atoms with Gasteiger partial charge in [0, 0.05) is 19.7 Å². The summed E-state index contributed by atoms with van der Waals surface area (Å²) in [6.07, 6.45) is 1.78. The van der Waals surface area contributed by atoms with Crippen LogP contribution in [-0.4, -0.2) is 41.7 Å². The Morgan fingerprint density at radius 2 is 2.19 bits per heavy atom. The van der Waals surface area contributed by atoms with Crippen LogP contribution in [0.4, 0.5) is 0 Å². The van der Waals surface area contributed by atoms with Crippen LogP contribution in [0.25, 0.3) is 0 Å². The van der Waals surface area contributed by atoms with Crippen LogP contribution in [0.3, 0.4) is 0 Å². The van der Waals surface area contributed by atoms with E-state index in [0.717, 1.165) is 25.9 Å². The van der Waals surface area contributed by atoms with Gasteiger partial charge in [0.05, 0.1) is 6.04 Å². The summed E-state index contributed by atoms with van der Waals surface area (Å²) in [7, 11) is 0. The summed E-state index contributed by atoms with van der Waals surface area (Å²) in [6.45, 7) is 7.69. The number of aliphatic hydroxyl groups excluding tert-OH is 1. The normalized spacial score (nSPS) is 23.6. The van der Waals surface area contributed by atoms with E-state index in [1.807, 2.05) is 25.7 Å². The number of nitrogens with two attached hydrogens (primary N) is 1. The van der Waals surface area contributed by atoms with E-state index in [4.69, 9.17) is 10.8 Å². The molecule has 0 spiro atoms. The van der Waals surface area contributed by atoms with Gasteiger partial charge in [0.2, 0.25) is 5.91 Å². The average molecular weight is 228 g/mol. The van der Waals surface area contributed by atoms with Crippen LogP contribution in [0.15, 0.2) is 0 Å². The SMILES string of the molecule is CC(C)(C)[C@H](N)C(=O)N1CCC(CCO)C1. The first kappa shape index (κ1) is 13.5. The Kier molecular flexibility index (Phi) is 4.33. The largest absolute Gasteiger partial charge is 0.396 e. The minimum atomic E-state index is -0.430. The molecule has 0 aromatic rings. The highest BCUT2D eigenvalue weighted by Gasteiger charge is 2.34. The zero-order chi connectivity index (χ0) is 12.3. The van der Waals surface area contributed by atoms with Crippen molar-refractivity contribution in [3.05, 3.63) is 0 Å². The molecular weight excluding hydrogens is 204 g/mol. The predicted molar refractivity (Wildman–Crippen MR) is 63.8 cm³/mol. The number of carbonyl (C=O) groups excluding carboxylic acids is 1. The van der Waals surface area contributed by atoms with Crippen molar-refractivity contribution in [2.24, 2.45) is 17.1 Å². The quantitative estimate of drug-likeness (QED) is 0.743. The van der Waals surface area contributed by atoms with Gasteiger partial charge in [0.25, 0.3) is 0 Å². The van der Waals surface area contributed by atoms with Crippen LogP contribution >= 0.6 is 0 Å². The smallest absolute Gasteiger partial charge is 0.240 e. The Bertz CT molecular complexity index is 248. The summed E-state index contributed by atoms with van der Waals surface area (Å²) in [5.74, 6) is 0.494. The van der Waals surface area contributed by atoms with Crippen LogP contribution in [-0.2, 0) is 4.79 Å². The Labute approximate surface area is 97.8 Å². The van der Waals surface area contributed by atoms with Crippen molar-refractivity contribution in [3.63, 3.8) is 0 Å². The molecule has 1 unspecified atom stereocenters. The molecule has 2 atom stereocenters. The molecular formula is C12H24N2O2. The van der Waals surface area contributed by atoms with E-state index < -0.39 is 6.04 Å². The lowest BCUT2D eigenvalue weighted by Gasteiger charge is -2.29. The Hall–Kier alpha value is -0.610. The van der Waals surface area contributed by atoms with Gasteiger partial charge in [-0.2, -0.15) is 0 Å². The molecule has 4 nitrogen and oxygen atoms in total. The van der Waals surface area contributed by atoms with Crippen LogP contribution in [0.2, 0.25) is 0 Å². The van der Waals surface area contributed by atoms with E-state index in [-0.39, 0.29) is 17.9 Å². The number of amides is 1. The van der Waals surface area contributed by atoms with Gasteiger partial charge >= 0.3 is 0 Å². The summed E-state index contributed by atoms with van der Waals surface area (Å²) in [5.41, 5.74) is 5.76. The molecule has 0 saturated carbocycles. The third kappa shape index (κ3) is 3.19. The summed E-state index contributed by atoms with van der Waals surface area (Å²) in [4.78, 5) is 13.9. The molecule has 16 heavy (non-hydrogen) atoms. The van der Waals surface area contributed by atoms with Crippen molar-refractivity contribution < 1.29 is 9.90 Å². The first-order valence-corrected chi connectivity index (χ1v) is 6.01. The molecule has 1 fully saturated rings. The molecule has 0 bridgehead atoms. The second-order valence-electron chi connectivity index (χ2n) is 5.79. The maximum absolute atomic E-state index is 12.1. The molecule has 4 heteroatoms. The Morgan fingerprint density at radius 3 is 2.69 bits per heavy atom. The minimum absolute atomic E-state index is 0.0490. The van der Waals surface area contributed by atoms with Gasteiger partial charge in [0.1, 0.15) is 0 Å². The third-order valence-electron chi connectivity index (χ3n) is 3.33. The lowest BCUT2D eigenvalue weighted by atomic mass is 9.86. The van der Waals surface area contributed by atoms with E-state index in [9.17, 15) is 4.79 Å². The van der Waals surface area contributed by atoms with E-state index in [0.29, 0.717) is 5.92 Å². The number of carbonyl (C=O) groups is 1. The van der Waals surface area contributed by atoms with Gasteiger partial charge < -0.3 is 15.7 Å². The molecule has 1 saturated heterocycles. The van der Waals surface area contributed by atoms with Crippen molar-refractivity contribution in [3.8, 4) is 0 Å². The van der Waals surface area contributed by atoms with E-state index in [1.54, 1.807) is 0 Å². The van der Waals surface area contributed by atoms with Crippen LogP contribution in [0.5, 0.6) is 0 Å². The highest BCUT2D eigenvalue weighted by atomic mass is 16.3. The van der Waals surface area contributed by atoms with Gasteiger partial charge in [-0.3, -0.25) is 4.79 Å². The van der Waals surface area contributed by atoms with Crippen LogP contribution in [0.1, 0.15) is 33.6 Å². The molecule has 1 amide bonds. The van der Waals surface area contributed by atoms with Crippen molar-refractivity contribution >= 4 is 5.91 Å². The zero-order valence-corrected chi connectivity index (χ0v) is 10.6. The van der Waals surface area contributed by atoms with Crippen molar-refractivity contribution in [1.82, 2.24) is 4.90 Å². The topological polar surface area (TPSA) is 66.6 Å². The van der Waals surface area contributed by atoms with Gasteiger partial charge in [-0.25, -0.2) is 0 Å². The van der Waals surface area contributed by atoms with E-state index >= 15 is 0 Å². The van der Waals surface area contributed by atoms with Crippen LogP contribution in [0, 0.1) is 11.3 Å². The molecule has 0 aliphatic carbocycles. The maximum Gasteiger partial charge on any atom is 0.240 e. The molecule has 3 N–H and O–H groups in total. The fourth-order valence-electron chi connectivity index (χ4n) is 2.02. The highest BCUT2D eigenvalue weighted by molar-refractivity contribution is 5.82. The summed E-state index contributed by atoms with van der Waals surface area (Å²) < 4.78 is 0. The summed E-state index contributed by atoms with van der Waals surface area (Å²) in [5, 5.41) is 8.86. The van der Waals surface area contributed by atoms with Crippen LogP contribution < -0.4 is 5.73 Å². The third-order valence-corrected chi connectivity index (χ3v) is 3.33. The standard InChI is InChI=1S/C12H24N2O2/c1-12(2,3)10(13)11(16)14-6-4-9(8-14)5-7-15/h9-10,15H,4-8,13H2,1-3H3/t9?,10-/m1/s1. The average Bonchev–Trinajstić information content (AvgIpc) is 2.63. The Morgan fingerprint density at radius 1 is 1.56 bits per heavy atom. The van der Waals surface area contributed by atoms with Crippen molar-refractivity contribution in [2.75, 3.05) is 19.7 Å². The minimum Gasteiger partial charge on any atom is -0.396 e. The molecule has 0 aromatic carbocycles. The number of hydrogen-bond donors (Lipinski definition) is 2. The summed E-state index contributed by atoms with van der Waals surface area (Å²) >= 11 is 0. The zero-order valence-electron chi connectivity index (χ0n) is 10.6. The molecule has 1 rings (SSSR count). The first-order valence-electron chi connectivity index (χ1n) is 6.01. The number of nitrogens with zero attached hydrogens (tertiary/aromatic N) is 1. The molecule has 94 valence electrons. The molecule has 0 aromatic heterocycles. The van der Waals surface area contributed by atoms with Gasteiger partial charge in [-0.15, -0.1) is 0 Å². The molecule has 1 heterocycles. The Balaban J connectivity index is 2.51. The number of aliphatic hydroxyl groups is 1. The lowest BCUT2D eigenvalue weighted by Crippen LogP contribution is -2.49. The van der Waals surface area contributed by atoms with E-state index in [2.05, 4.69) is 0 Å². The fraction of sp³-hybridized carbons (Fsp3) is 0.917. The second kappa shape index (κ2) is 5.15. The maximum atomic E-state index is 12.1. The first-order chi connectivity index (χ1) is 7.36. The fourth-order valence-corrected chi connectivity index (χ4v) is 2.02. The number of rotatable bonds is 3. The lowest BCUT2D eigenvalue weighted by molar-refractivity contribution is -0.134. The number of hydrogen-bond acceptors (Lipinski definition) is 3. The summed E-state index contributed by atoms with van der Waals surface area (Å²) in [6, 6.07) is -0.430. The molecule has 0 radical (unpaired) electrons. The highest BCUT2D eigenvalue weighted by Crippen LogP contribution is 2.24.